The van der Waals surface area contributed by atoms with E-state index in [1.54, 1.807) is 31.4 Å². The molecule has 1 heterocycles. The summed E-state index contributed by atoms with van der Waals surface area (Å²) in [5, 5.41) is 6.19. The number of methoxy groups -OCH3 is 1. The van der Waals surface area contributed by atoms with Crippen LogP contribution in [0, 0.1) is 5.92 Å². The van der Waals surface area contributed by atoms with E-state index in [1.807, 2.05) is 18.2 Å². The van der Waals surface area contributed by atoms with Gasteiger partial charge < -0.3 is 10.1 Å². The lowest BCUT2D eigenvalue weighted by Gasteiger charge is -2.06. The number of anilines is 2. The van der Waals surface area contributed by atoms with Crippen molar-refractivity contribution in [1.29, 1.82) is 0 Å². The SMILES string of the molecule is COc1ccc2nc(NC(=O)c3cccc(NC(=O)C4CC4)c3)sc2c1. The number of hydrogen-bond donors (Lipinski definition) is 2. The predicted octanol–water partition coefficient (Wildman–Crippen LogP) is 3.91. The Balaban J connectivity index is 1.49. The highest BCUT2D eigenvalue weighted by Gasteiger charge is 2.29. The first kappa shape index (κ1) is 16.5. The van der Waals surface area contributed by atoms with E-state index < -0.39 is 0 Å². The zero-order valence-corrected chi connectivity index (χ0v) is 14.9. The summed E-state index contributed by atoms with van der Waals surface area (Å²) in [6, 6.07) is 12.5. The van der Waals surface area contributed by atoms with Gasteiger partial charge in [-0.05, 0) is 49.2 Å². The van der Waals surface area contributed by atoms with Gasteiger partial charge in [0.05, 0.1) is 17.3 Å². The summed E-state index contributed by atoms with van der Waals surface area (Å²) >= 11 is 1.38. The molecule has 1 saturated carbocycles. The summed E-state index contributed by atoms with van der Waals surface area (Å²) in [7, 11) is 1.61. The topological polar surface area (TPSA) is 80.3 Å². The van der Waals surface area contributed by atoms with Crippen LogP contribution in [0.25, 0.3) is 10.2 Å². The third-order valence-electron chi connectivity index (χ3n) is 4.16. The van der Waals surface area contributed by atoms with E-state index in [-0.39, 0.29) is 17.7 Å². The van der Waals surface area contributed by atoms with Crippen molar-refractivity contribution in [2.45, 2.75) is 12.8 Å². The number of thiazole rings is 1. The number of carbonyl (C=O) groups excluding carboxylic acids is 2. The van der Waals surface area contributed by atoms with Crippen LogP contribution in [-0.4, -0.2) is 23.9 Å². The molecule has 1 fully saturated rings. The van der Waals surface area contributed by atoms with E-state index in [4.69, 9.17) is 4.74 Å². The molecule has 1 aliphatic carbocycles. The van der Waals surface area contributed by atoms with Crippen LogP contribution in [0.15, 0.2) is 42.5 Å². The molecular weight excluding hydrogens is 350 g/mol. The van der Waals surface area contributed by atoms with Crippen molar-refractivity contribution < 1.29 is 14.3 Å². The van der Waals surface area contributed by atoms with E-state index in [9.17, 15) is 9.59 Å². The van der Waals surface area contributed by atoms with Crippen LogP contribution in [0.3, 0.4) is 0 Å². The van der Waals surface area contributed by atoms with Gasteiger partial charge in [0.15, 0.2) is 5.13 Å². The Labute approximate surface area is 154 Å². The van der Waals surface area contributed by atoms with E-state index >= 15 is 0 Å². The molecule has 2 N–H and O–H groups in total. The lowest BCUT2D eigenvalue weighted by atomic mass is 10.2. The smallest absolute Gasteiger partial charge is 0.257 e. The first-order valence-corrected chi connectivity index (χ1v) is 9.11. The summed E-state index contributed by atoms with van der Waals surface area (Å²) in [5.74, 6) is 0.617. The number of benzene rings is 2. The van der Waals surface area contributed by atoms with Gasteiger partial charge in [0.1, 0.15) is 5.75 Å². The number of ether oxygens (including phenoxy) is 1. The largest absolute Gasteiger partial charge is 0.497 e. The van der Waals surface area contributed by atoms with Crippen LogP contribution in [-0.2, 0) is 4.79 Å². The Morgan fingerprint density at radius 1 is 1.15 bits per heavy atom. The Morgan fingerprint density at radius 3 is 2.77 bits per heavy atom. The fourth-order valence-corrected chi connectivity index (χ4v) is 3.47. The van der Waals surface area contributed by atoms with Crippen LogP contribution in [0.5, 0.6) is 5.75 Å². The molecule has 7 heteroatoms. The van der Waals surface area contributed by atoms with Crippen molar-refractivity contribution in [3.63, 3.8) is 0 Å². The number of nitrogens with one attached hydrogen (secondary N) is 2. The van der Waals surface area contributed by atoms with Gasteiger partial charge in [0, 0.05) is 17.2 Å². The van der Waals surface area contributed by atoms with Gasteiger partial charge in [-0.1, -0.05) is 17.4 Å². The van der Waals surface area contributed by atoms with Gasteiger partial charge in [-0.25, -0.2) is 4.98 Å². The highest BCUT2D eigenvalue weighted by atomic mass is 32.1. The highest BCUT2D eigenvalue weighted by molar-refractivity contribution is 7.22. The number of rotatable bonds is 5. The zero-order valence-electron chi connectivity index (χ0n) is 14.1. The average Bonchev–Trinajstić information content (AvgIpc) is 3.42. The van der Waals surface area contributed by atoms with Crippen molar-refractivity contribution in [2.75, 3.05) is 17.7 Å². The first-order chi connectivity index (χ1) is 12.6. The molecule has 0 aliphatic heterocycles. The molecule has 0 atom stereocenters. The Bertz CT molecular complexity index is 995. The molecule has 0 saturated heterocycles. The molecule has 0 unspecified atom stereocenters. The monoisotopic (exact) mass is 367 g/mol. The summed E-state index contributed by atoms with van der Waals surface area (Å²) in [6.45, 7) is 0. The molecular formula is C19H17N3O3S. The first-order valence-electron chi connectivity index (χ1n) is 8.29. The second kappa shape index (κ2) is 6.76. The highest BCUT2D eigenvalue weighted by Crippen LogP contribution is 2.31. The van der Waals surface area contributed by atoms with E-state index in [0.29, 0.717) is 16.4 Å². The second-order valence-electron chi connectivity index (χ2n) is 6.15. The minimum absolute atomic E-state index is 0.0164. The van der Waals surface area contributed by atoms with Gasteiger partial charge in [-0.3, -0.25) is 14.9 Å². The molecule has 2 aromatic carbocycles. The summed E-state index contributed by atoms with van der Waals surface area (Å²) in [6.07, 6.45) is 1.88. The summed E-state index contributed by atoms with van der Waals surface area (Å²) in [4.78, 5) is 28.8. The van der Waals surface area contributed by atoms with Gasteiger partial charge in [0.2, 0.25) is 5.91 Å². The van der Waals surface area contributed by atoms with Crippen molar-refractivity contribution >= 4 is 44.2 Å². The Hall–Kier alpha value is -2.93. The van der Waals surface area contributed by atoms with Crippen molar-refractivity contribution in [3.8, 4) is 5.75 Å². The van der Waals surface area contributed by atoms with Gasteiger partial charge >= 0.3 is 0 Å². The number of carbonyl (C=O) groups is 2. The molecule has 132 valence electrons. The second-order valence-corrected chi connectivity index (χ2v) is 7.18. The number of aromatic nitrogens is 1. The molecule has 1 aromatic heterocycles. The van der Waals surface area contributed by atoms with Crippen LogP contribution in [0.1, 0.15) is 23.2 Å². The number of amides is 2. The maximum atomic E-state index is 12.5. The molecule has 2 amide bonds. The van der Waals surface area contributed by atoms with Crippen molar-refractivity contribution in [2.24, 2.45) is 5.92 Å². The van der Waals surface area contributed by atoms with Crippen LogP contribution in [0.4, 0.5) is 10.8 Å². The molecule has 0 spiro atoms. The van der Waals surface area contributed by atoms with E-state index in [1.165, 1.54) is 11.3 Å². The Morgan fingerprint density at radius 2 is 2.00 bits per heavy atom. The maximum absolute atomic E-state index is 12.5. The minimum atomic E-state index is -0.265. The van der Waals surface area contributed by atoms with Crippen LogP contribution in [0.2, 0.25) is 0 Å². The molecule has 4 rings (SSSR count). The molecule has 3 aromatic rings. The third kappa shape index (κ3) is 3.52. The molecule has 26 heavy (non-hydrogen) atoms. The average molecular weight is 367 g/mol. The summed E-state index contributed by atoms with van der Waals surface area (Å²) < 4.78 is 6.14. The van der Waals surface area contributed by atoms with Gasteiger partial charge in [-0.15, -0.1) is 0 Å². The van der Waals surface area contributed by atoms with Crippen molar-refractivity contribution in [1.82, 2.24) is 4.98 Å². The number of fused-ring (bicyclic) bond motifs is 1. The van der Waals surface area contributed by atoms with Crippen LogP contribution < -0.4 is 15.4 Å². The van der Waals surface area contributed by atoms with Crippen LogP contribution >= 0.6 is 11.3 Å². The summed E-state index contributed by atoms with van der Waals surface area (Å²) in [5.41, 5.74) is 1.90. The molecule has 6 nitrogen and oxygen atoms in total. The fourth-order valence-electron chi connectivity index (χ4n) is 2.58. The van der Waals surface area contributed by atoms with E-state index in [0.717, 1.165) is 28.8 Å². The lowest BCUT2D eigenvalue weighted by molar-refractivity contribution is -0.117. The Kier molecular flexibility index (Phi) is 4.30. The lowest BCUT2D eigenvalue weighted by Crippen LogP contribution is -2.15. The quantitative estimate of drug-likeness (QED) is 0.717. The molecule has 1 aliphatic rings. The fraction of sp³-hybridized carbons (Fsp3) is 0.211. The molecule has 0 bridgehead atoms. The normalized spacial score (nSPS) is 13.4. The number of hydrogen-bond acceptors (Lipinski definition) is 5. The minimum Gasteiger partial charge on any atom is -0.497 e. The predicted molar refractivity (Wildman–Crippen MR) is 102 cm³/mol. The zero-order chi connectivity index (χ0) is 18.1. The number of nitrogens with zero attached hydrogens (tertiary/aromatic N) is 1. The van der Waals surface area contributed by atoms with E-state index in [2.05, 4.69) is 15.6 Å². The van der Waals surface area contributed by atoms with Crippen molar-refractivity contribution in [3.05, 3.63) is 48.0 Å². The van der Waals surface area contributed by atoms with Gasteiger partial charge in [0.25, 0.3) is 5.91 Å². The van der Waals surface area contributed by atoms with Gasteiger partial charge in [-0.2, -0.15) is 0 Å². The third-order valence-corrected chi connectivity index (χ3v) is 5.09. The standard InChI is InChI=1S/C19H17N3O3S/c1-25-14-7-8-15-16(10-14)26-19(21-15)22-18(24)12-3-2-4-13(9-12)20-17(23)11-5-6-11/h2-4,7-11H,5-6H2,1H3,(H,20,23)(H,21,22,24). The molecule has 0 radical (unpaired) electrons. The maximum Gasteiger partial charge on any atom is 0.257 e.